The van der Waals surface area contributed by atoms with Crippen LogP contribution >= 0.6 is 11.6 Å². The molecule has 0 saturated carbocycles. The van der Waals surface area contributed by atoms with Gasteiger partial charge in [0.1, 0.15) is 5.82 Å². The van der Waals surface area contributed by atoms with Crippen LogP contribution in [-0.2, 0) is 14.3 Å². The third-order valence-corrected chi connectivity index (χ3v) is 5.24. The molecule has 2 aromatic heterocycles. The molecular formula is C26H22ClFN6O3. The van der Waals surface area contributed by atoms with E-state index in [9.17, 15) is 14.0 Å². The number of ether oxygens (including phenoxy) is 1. The molecule has 2 N–H and O–H groups in total. The molecule has 4 aromatic rings. The molecule has 0 saturated heterocycles. The lowest BCUT2D eigenvalue weighted by Gasteiger charge is -2.12. The molecule has 0 atom stereocenters. The molecule has 11 heteroatoms. The molecule has 0 radical (unpaired) electrons. The van der Waals surface area contributed by atoms with Crippen molar-refractivity contribution in [3.05, 3.63) is 83.4 Å². The summed E-state index contributed by atoms with van der Waals surface area (Å²) < 4.78 is 20.0. The molecule has 0 unspecified atom stereocenters. The van der Waals surface area contributed by atoms with Gasteiger partial charge in [-0.15, -0.1) is 5.10 Å². The molecule has 2 heterocycles. The second-order valence-corrected chi connectivity index (χ2v) is 8.13. The molecule has 0 fully saturated rings. The molecule has 0 spiro atoms. The van der Waals surface area contributed by atoms with Crippen molar-refractivity contribution in [1.82, 2.24) is 19.7 Å². The van der Waals surface area contributed by atoms with Crippen LogP contribution in [0, 0.1) is 5.82 Å². The first-order valence-electron chi connectivity index (χ1n) is 11.2. The van der Waals surface area contributed by atoms with E-state index in [2.05, 4.69) is 25.7 Å². The minimum absolute atomic E-state index is 0.0402. The third-order valence-electron chi connectivity index (χ3n) is 4.95. The number of nitrogens with one attached hydrogen (secondary N) is 2. The minimum Gasteiger partial charge on any atom is -0.463 e. The van der Waals surface area contributed by atoms with Gasteiger partial charge >= 0.3 is 5.97 Å². The Hall–Kier alpha value is -4.57. The number of halogens is 2. The molecule has 188 valence electrons. The first kappa shape index (κ1) is 25.5. The Morgan fingerprint density at radius 2 is 2.03 bits per heavy atom. The summed E-state index contributed by atoms with van der Waals surface area (Å²) in [5, 5.41) is 10.0. The van der Waals surface area contributed by atoms with Gasteiger partial charge in [-0.25, -0.2) is 18.9 Å². The highest BCUT2D eigenvalue weighted by Crippen LogP contribution is 2.28. The number of amides is 1. The molecule has 9 nitrogen and oxygen atoms in total. The Bertz CT molecular complexity index is 1490. The number of aromatic nitrogens is 4. The fourth-order valence-electron chi connectivity index (χ4n) is 3.37. The Kier molecular flexibility index (Phi) is 7.89. The largest absolute Gasteiger partial charge is 0.463 e. The number of anilines is 3. The second kappa shape index (κ2) is 11.4. The normalized spacial score (nSPS) is 10.9. The van der Waals surface area contributed by atoms with Gasteiger partial charge in [-0.2, -0.15) is 4.98 Å². The molecule has 2 aromatic carbocycles. The van der Waals surface area contributed by atoms with Crippen molar-refractivity contribution in [1.29, 1.82) is 0 Å². The second-order valence-electron chi connectivity index (χ2n) is 7.72. The molecular weight excluding hydrogens is 499 g/mol. The fraction of sp³-hybridized carbons (Fsp3) is 0.115. The zero-order valence-corrected chi connectivity index (χ0v) is 20.7. The number of nitrogens with zero attached hydrogens (tertiary/aromatic N) is 4. The highest BCUT2D eigenvalue weighted by molar-refractivity contribution is 6.31. The molecule has 0 aliphatic heterocycles. The van der Waals surface area contributed by atoms with E-state index in [4.69, 9.17) is 16.3 Å². The van der Waals surface area contributed by atoms with Gasteiger partial charge in [-0.1, -0.05) is 29.8 Å². The lowest BCUT2D eigenvalue weighted by molar-refractivity contribution is -0.137. The first-order chi connectivity index (χ1) is 17.8. The number of rotatable bonds is 8. The number of hydrogen-bond donors (Lipinski definition) is 2. The van der Waals surface area contributed by atoms with Crippen molar-refractivity contribution in [2.24, 2.45) is 0 Å². The van der Waals surface area contributed by atoms with E-state index in [1.165, 1.54) is 35.9 Å². The van der Waals surface area contributed by atoms with Crippen LogP contribution in [0.25, 0.3) is 23.0 Å². The summed E-state index contributed by atoms with van der Waals surface area (Å²) >= 11 is 5.90. The number of carbonyl (C=O) groups excluding carboxylic acids is 2. The summed E-state index contributed by atoms with van der Waals surface area (Å²) in [7, 11) is 0. The van der Waals surface area contributed by atoms with Crippen LogP contribution in [-0.4, -0.2) is 38.2 Å². The summed E-state index contributed by atoms with van der Waals surface area (Å²) in [4.78, 5) is 32.2. The predicted molar refractivity (Wildman–Crippen MR) is 139 cm³/mol. The van der Waals surface area contributed by atoms with Crippen LogP contribution in [0.1, 0.15) is 19.4 Å². The zero-order valence-electron chi connectivity index (χ0n) is 19.9. The van der Waals surface area contributed by atoms with Crippen LogP contribution in [0.2, 0.25) is 5.02 Å². The van der Waals surface area contributed by atoms with E-state index in [1.807, 2.05) is 24.3 Å². The van der Waals surface area contributed by atoms with E-state index >= 15 is 0 Å². The highest BCUT2D eigenvalue weighted by atomic mass is 35.5. The Labute approximate surface area is 217 Å². The van der Waals surface area contributed by atoms with Crippen LogP contribution < -0.4 is 10.6 Å². The van der Waals surface area contributed by atoms with E-state index in [0.29, 0.717) is 29.5 Å². The molecule has 0 aliphatic rings. The molecule has 0 bridgehead atoms. The number of esters is 1. The quantitative estimate of drug-likeness (QED) is 0.236. The van der Waals surface area contributed by atoms with Gasteiger partial charge in [0.25, 0.3) is 0 Å². The lowest BCUT2D eigenvalue weighted by Crippen LogP contribution is -2.09. The van der Waals surface area contributed by atoms with E-state index in [1.54, 1.807) is 31.5 Å². The molecule has 0 aliphatic carbocycles. The Morgan fingerprint density at radius 3 is 2.78 bits per heavy atom. The average Bonchev–Trinajstić information content (AvgIpc) is 3.33. The molecule has 37 heavy (non-hydrogen) atoms. The first-order valence-corrected chi connectivity index (χ1v) is 11.6. The van der Waals surface area contributed by atoms with E-state index in [0.717, 1.165) is 11.1 Å². The molecule has 4 rings (SSSR count). The van der Waals surface area contributed by atoms with Gasteiger partial charge in [0.15, 0.2) is 11.6 Å². The number of benzene rings is 2. The van der Waals surface area contributed by atoms with Crippen molar-refractivity contribution < 1.29 is 18.7 Å². The minimum atomic E-state index is -0.539. The summed E-state index contributed by atoms with van der Waals surface area (Å²) in [6.07, 6.45) is 6.27. The van der Waals surface area contributed by atoms with Crippen molar-refractivity contribution >= 4 is 47.0 Å². The van der Waals surface area contributed by atoms with Crippen LogP contribution in [0.3, 0.4) is 0 Å². The predicted octanol–water partition coefficient (Wildman–Crippen LogP) is 5.40. The third kappa shape index (κ3) is 6.56. The maximum Gasteiger partial charge on any atom is 0.330 e. The van der Waals surface area contributed by atoms with Crippen molar-refractivity contribution in [2.45, 2.75) is 13.8 Å². The Balaban J connectivity index is 1.74. The fourth-order valence-corrected chi connectivity index (χ4v) is 3.55. The van der Waals surface area contributed by atoms with E-state index in [-0.39, 0.29) is 16.9 Å². The van der Waals surface area contributed by atoms with Crippen LogP contribution in [0.5, 0.6) is 0 Å². The topological polar surface area (TPSA) is 111 Å². The SMILES string of the molecule is CCOC(=O)C=Cc1cccc(-c2cnc(Nc3ccc(F)c(Cl)c3)nc2-n2ccc(NC(C)=O)n2)c1. The van der Waals surface area contributed by atoms with E-state index < -0.39 is 11.8 Å². The average molecular weight is 521 g/mol. The van der Waals surface area contributed by atoms with Gasteiger partial charge in [0.05, 0.1) is 11.6 Å². The number of hydrogen-bond acceptors (Lipinski definition) is 7. The summed E-state index contributed by atoms with van der Waals surface area (Å²) in [5.41, 5.74) is 2.65. The summed E-state index contributed by atoms with van der Waals surface area (Å²) in [6.45, 7) is 3.42. The maximum absolute atomic E-state index is 13.6. The van der Waals surface area contributed by atoms with Crippen LogP contribution in [0.4, 0.5) is 21.8 Å². The van der Waals surface area contributed by atoms with Crippen molar-refractivity contribution in [2.75, 3.05) is 17.2 Å². The maximum atomic E-state index is 13.6. The highest BCUT2D eigenvalue weighted by Gasteiger charge is 2.14. The van der Waals surface area contributed by atoms with Gasteiger partial charge in [-0.3, -0.25) is 4.79 Å². The van der Waals surface area contributed by atoms with Gasteiger partial charge in [0.2, 0.25) is 11.9 Å². The summed E-state index contributed by atoms with van der Waals surface area (Å²) in [5.74, 6) is -0.253. The van der Waals surface area contributed by atoms with Crippen molar-refractivity contribution in [3.8, 4) is 16.9 Å². The van der Waals surface area contributed by atoms with Crippen molar-refractivity contribution in [3.63, 3.8) is 0 Å². The number of carbonyl (C=O) groups is 2. The summed E-state index contributed by atoms with van der Waals surface area (Å²) in [6, 6.07) is 13.2. The van der Waals surface area contributed by atoms with Gasteiger partial charge in [0, 0.05) is 42.7 Å². The van der Waals surface area contributed by atoms with Gasteiger partial charge < -0.3 is 15.4 Å². The van der Waals surface area contributed by atoms with Gasteiger partial charge in [-0.05, 0) is 48.4 Å². The standard InChI is InChI=1S/C26H22ClFN6O3/c1-3-37-24(36)10-7-17-5-4-6-18(13-17)20-15-29-26(31-19-8-9-22(28)21(27)14-19)32-25(20)34-12-11-23(33-34)30-16(2)35/h4-15H,3H2,1-2H3,(H,29,31,32)(H,30,33,35). The van der Waals surface area contributed by atoms with Crippen LogP contribution in [0.15, 0.2) is 67.0 Å². The Morgan fingerprint density at radius 1 is 1.19 bits per heavy atom. The lowest BCUT2D eigenvalue weighted by atomic mass is 10.0. The smallest absolute Gasteiger partial charge is 0.330 e. The monoisotopic (exact) mass is 520 g/mol. The zero-order chi connectivity index (χ0) is 26.4. The molecule has 1 amide bonds.